The molecule has 1 saturated heterocycles. The highest BCUT2D eigenvalue weighted by Crippen LogP contribution is 2.39. The molecule has 0 atom stereocenters. The molecule has 1 aliphatic heterocycles. The maximum atomic E-state index is 13.6. The second-order valence-electron chi connectivity index (χ2n) is 6.58. The molecule has 23 heavy (non-hydrogen) atoms. The maximum Gasteiger partial charge on any atom is 0.492 e. The van der Waals surface area contributed by atoms with Gasteiger partial charge in [-0.3, -0.25) is 0 Å². The number of hydrogen-bond acceptors (Lipinski definition) is 4. The normalized spacial score (nSPS) is 20.0. The molecule has 0 spiro atoms. The van der Waals surface area contributed by atoms with E-state index in [-0.39, 0.29) is 12.4 Å². The van der Waals surface area contributed by atoms with Crippen LogP contribution in [0, 0.1) is 5.82 Å². The van der Waals surface area contributed by atoms with Gasteiger partial charge in [0.25, 0.3) is 0 Å². The van der Waals surface area contributed by atoms with Crippen LogP contribution >= 0.6 is 0 Å². The second-order valence-corrected chi connectivity index (χ2v) is 6.58. The van der Waals surface area contributed by atoms with E-state index in [1.54, 1.807) is 12.1 Å². The van der Waals surface area contributed by atoms with E-state index >= 15 is 0 Å². The minimum atomic E-state index is -0.678. The molecule has 0 radical (unpaired) electrons. The van der Waals surface area contributed by atoms with Gasteiger partial charge in [0.1, 0.15) is 11.6 Å². The number of rotatable bonds is 5. The molecule has 2 rings (SSSR count). The van der Waals surface area contributed by atoms with Gasteiger partial charge in [0.05, 0.1) is 24.4 Å². The Hall–Kier alpha value is -1.37. The smallest absolute Gasteiger partial charge is 0.492 e. The summed E-state index contributed by atoms with van der Waals surface area (Å²) in [5, 5.41) is 9.72. The number of benzene rings is 1. The van der Waals surface area contributed by atoms with Crippen LogP contribution in [0.25, 0.3) is 6.08 Å². The molecular formula is C17H24BFO4. The third-order valence-electron chi connectivity index (χ3n) is 4.35. The van der Waals surface area contributed by atoms with E-state index in [2.05, 4.69) is 0 Å². The summed E-state index contributed by atoms with van der Waals surface area (Å²) in [5.74, 6) is 0.183. The molecule has 4 nitrogen and oxygen atoms in total. The molecule has 1 heterocycles. The summed E-state index contributed by atoms with van der Waals surface area (Å²) in [5.41, 5.74) is 0.0635. The highest BCUT2D eigenvalue weighted by atomic mass is 19.1. The predicted octanol–water partition coefficient (Wildman–Crippen LogP) is 3.23. The third kappa shape index (κ3) is 3.76. The Morgan fingerprint density at radius 2 is 1.87 bits per heavy atom. The van der Waals surface area contributed by atoms with Gasteiger partial charge >= 0.3 is 7.12 Å². The van der Waals surface area contributed by atoms with Crippen molar-refractivity contribution in [2.45, 2.75) is 45.8 Å². The lowest BCUT2D eigenvalue weighted by molar-refractivity contribution is 0.00578. The minimum absolute atomic E-state index is 0.251. The van der Waals surface area contributed by atoms with Crippen LogP contribution in [0.2, 0.25) is 0 Å². The fraction of sp³-hybridized carbons (Fsp3) is 0.529. The third-order valence-corrected chi connectivity index (χ3v) is 4.35. The maximum absolute atomic E-state index is 13.6. The zero-order valence-corrected chi connectivity index (χ0v) is 14.4. The first-order chi connectivity index (χ1) is 10.7. The molecule has 0 saturated carbocycles. The lowest BCUT2D eigenvalue weighted by Gasteiger charge is -2.32. The Kier molecular flexibility index (Phi) is 5.18. The van der Waals surface area contributed by atoms with Crippen molar-refractivity contribution >= 4 is 13.2 Å². The standard InChI is InChI=1S/C17H24BFO4/c1-6-21-15-8-7-14(19)10-12(15)9-13(11-20)18-22-16(2,3)17(4,5)23-18/h7-10,20H,6,11H2,1-5H3. The van der Waals surface area contributed by atoms with Crippen LogP contribution in [-0.2, 0) is 9.31 Å². The molecule has 0 aliphatic carbocycles. The van der Waals surface area contributed by atoms with Crippen molar-refractivity contribution in [2.24, 2.45) is 0 Å². The molecule has 0 amide bonds. The van der Waals surface area contributed by atoms with Crippen LogP contribution in [0.5, 0.6) is 5.75 Å². The van der Waals surface area contributed by atoms with Crippen molar-refractivity contribution in [1.29, 1.82) is 0 Å². The highest BCUT2D eigenvalue weighted by Gasteiger charge is 2.52. The summed E-state index contributed by atoms with van der Waals surface area (Å²) < 4.78 is 30.9. The van der Waals surface area contributed by atoms with E-state index in [4.69, 9.17) is 14.0 Å². The van der Waals surface area contributed by atoms with Gasteiger partial charge in [-0.1, -0.05) is 6.08 Å². The summed E-state index contributed by atoms with van der Waals surface area (Å²) in [7, 11) is -0.678. The van der Waals surface area contributed by atoms with Gasteiger partial charge in [-0.15, -0.1) is 0 Å². The van der Waals surface area contributed by atoms with Crippen LogP contribution in [0.15, 0.2) is 23.7 Å². The zero-order valence-electron chi connectivity index (χ0n) is 14.4. The average molecular weight is 322 g/mol. The largest absolute Gasteiger partial charge is 0.493 e. The van der Waals surface area contributed by atoms with E-state index in [1.807, 2.05) is 34.6 Å². The lowest BCUT2D eigenvalue weighted by atomic mass is 9.77. The predicted molar refractivity (Wildman–Crippen MR) is 88.7 cm³/mol. The van der Waals surface area contributed by atoms with Crippen LogP contribution in [-0.4, -0.2) is 36.6 Å². The summed E-state index contributed by atoms with van der Waals surface area (Å²) in [6, 6.07) is 4.28. The highest BCUT2D eigenvalue weighted by molar-refractivity contribution is 6.55. The molecule has 1 N–H and O–H groups in total. The number of ether oxygens (including phenoxy) is 1. The van der Waals surface area contributed by atoms with Crippen LogP contribution in [0.4, 0.5) is 4.39 Å². The Labute approximate surface area is 137 Å². The molecule has 0 unspecified atom stereocenters. The lowest BCUT2D eigenvalue weighted by Crippen LogP contribution is -2.41. The zero-order chi connectivity index (χ0) is 17.3. The Bertz CT molecular complexity index is 582. The number of aliphatic hydroxyl groups excluding tert-OH is 1. The monoisotopic (exact) mass is 322 g/mol. The fourth-order valence-corrected chi connectivity index (χ4v) is 2.30. The van der Waals surface area contributed by atoms with Gasteiger partial charge < -0.3 is 19.2 Å². The van der Waals surface area contributed by atoms with E-state index in [0.717, 1.165) is 0 Å². The molecule has 0 bridgehead atoms. The first-order valence-corrected chi connectivity index (χ1v) is 7.79. The fourth-order valence-electron chi connectivity index (χ4n) is 2.30. The molecule has 126 valence electrons. The Morgan fingerprint density at radius 1 is 1.26 bits per heavy atom. The number of aliphatic hydroxyl groups is 1. The van der Waals surface area contributed by atoms with Crippen molar-refractivity contribution in [2.75, 3.05) is 13.2 Å². The van der Waals surface area contributed by atoms with E-state index < -0.39 is 18.3 Å². The van der Waals surface area contributed by atoms with Crippen molar-refractivity contribution < 1.29 is 23.5 Å². The molecule has 1 aromatic rings. The van der Waals surface area contributed by atoms with Gasteiger partial charge in [0.2, 0.25) is 0 Å². The second kappa shape index (κ2) is 6.63. The number of hydrogen-bond donors (Lipinski definition) is 1. The van der Waals surface area contributed by atoms with Crippen LogP contribution in [0.3, 0.4) is 0 Å². The van der Waals surface area contributed by atoms with Gasteiger partial charge in [-0.05, 0) is 58.3 Å². The first kappa shape index (κ1) is 18.0. The molecule has 0 aromatic heterocycles. The summed E-state index contributed by atoms with van der Waals surface area (Å²) >= 11 is 0. The number of halogens is 1. The minimum Gasteiger partial charge on any atom is -0.493 e. The average Bonchev–Trinajstić information content (AvgIpc) is 2.67. The van der Waals surface area contributed by atoms with E-state index in [9.17, 15) is 9.50 Å². The quantitative estimate of drug-likeness (QED) is 0.846. The molecule has 1 aliphatic rings. The molecule has 1 aromatic carbocycles. The first-order valence-electron chi connectivity index (χ1n) is 7.79. The van der Waals surface area contributed by atoms with Crippen molar-refractivity contribution in [1.82, 2.24) is 0 Å². The van der Waals surface area contributed by atoms with Crippen molar-refractivity contribution in [3.63, 3.8) is 0 Å². The van der Waals surface area contributed by atoms with Crippen molar-refractivity contribution in [3.05, 3.63) is 35.1 Å². The van der Waals surface area contributed by atoms with Crippen LogP contribution < -0.4 is 4.74 Å². The molecular weight excluding hydrogens is 298 g/mol. The van der Waals surface area contributed by atoms with Gasteiger partial charge in [0.15, 0.2) is 0 Å². The Balaban J connectivity index is 2.35. The van der Waals surface area contributed by atoms with Crippen LogP contribution in [0.1, 0.15) is 40.2 Å². The van der Waals surface area contributed by atoms with Gasteiger partial charge in [0, 0.05) is 5.56 Å². The van der Waals surface area contributed by atoms with E-state index in [0.29, 0.717) is 23.4 Å². The topological polar surface area (TPSA) is 47.9 Å². The van der Waals surface area contributed by atoms with Gasteiger partial charge in [-0.2, -0.15) is 0 Å². The SMILES string of the molecule is CCOc1ccc(F)cc1C=C(CO)B1OC(C)(C)C(C)(C)O1. The van der Waals surface area contributed by atoms with E-state index in [1.165, 1.54) is 12.1 Å². The van der Waals surface area contributed by atoms with Gasteiger partial charge in [-0.25, -0.2) is 4.39 Å². The summed E-state index contributed by atoms with van der Waals surface area (Å²) in [4.78, 5) is 0. The summed E-state index contributed by atoms with van der Waals surface area (Å²) in [6.07, 6.45) is 1.66. The van der Waals surface area contributed by atoms with Crippen molar-refractivity contribution in [3.8, 4) is 5.75 Å². The molecule has 1 fully saturated rings. The summed E-state index contributed by atoms with van der Waals surface area (Å²) in [6.45, 7) is 9.84. The molecule has 6 heteroatoms. The Morgan fingerprint density at radius 3 is 2.39 bits per heavy atom.